The summed E-state index contributed by atoms with van der Waals surface area (Å²) in [6.45, 7) is 4.02. The van der Waals surface area contributed by atoms with E-state index in [1.54, 1.807) is 0 Å². The first-order chi connectivity index (χ1) is 9.17. The first-order valence-corrected chi connectivity index (χ1v) is 6.20. The largest absolute Gasteiger partial charge is 0.394 e. The van der Waals surface area contributed by atoms with E-state index in [0.29, 0.717) is 5.69 Å². The Morgan fingerprint density at radius 2 is 2.05 bits per heavy atom. The van der Waals surface area contributed by atoms with Crippen LogP contribution in [0.3, 0.4) is 0 Å². The number of nitrogens with zero attached hydrogens (tertiary/aromatic N) is 3. The fourth-order valence-electron chi connectivity index (χ4n) is 1.89. The van der Waals surface area contributed by atoms with Gasteiger partial charge in [-0.15, -0.1) is 10.2 Å². The van der Waals surface area contributed by atoms with E-state index in [9.17, 15) is 5.11 Å². The lowest BCUT2D eigenvalue weighted by molar-refractivity contribution is 0.249. The van der Waals surface area contributed by atoms with E-state index in [1.165, 1.54) is 0 Å². The molecule has 0 aliphatic heterocycles. The minimum Gasteiger partial charge on any atom is -0.394 e. The van der Waals surface area contributed by atoms with Gasteiger partial charge in [0.2, 0.25) is 0 Å². The van der Waals surface area contributed by atoms with Crippen molar-refractivity contribution < 1.29 is 5.11 Å². The number of rotatable bonds is 4. The maximum atomic E-state index is 9.41. The summed E-state index contributed by atoms with van der Waals surface area (Å²) in [6.07, 6.45) is 0. The van der Waals surface area contributed by atoms with Gasteiger partial charge in [-0.3, -0.25) is 0 Å². The van der Waals surface area contributed by atoms with E-state index in [1.807, 2.05) is 44.2 Å². The van der Waals surface area contributed by atoms with E-state index < -0.39 is 0 Å². The van der Waals surface area contributed by atoms with Crippen molar-refractivity contribution in [2.75, 3.05) is 11.9 Å². The Morgan fingerprint density at radius 1 is 1.32 bits per heavy atom. The molecule has 2 rings (SSSR count). The Bertz CT molecular complexity index is 618. The Hall–Kier alpha value is -2.19. The lowest BCUT2D eigenvalue weighted by atomic mass is 10.0. The smallest absolute Gasteiger partial charge is 0.186 e. The summed E-state index contributed by atoms with van der Waals surface area (Å²) in [5.74, 6) is 0.239. The van der Waals surface area contributed by atoms with Crippen molar-refractivity contribution in [3.05, 3.63) is 30.0 Å². The predicted octanol–water partition coefficient (Wildman–Crippen LogP) is 1.93. The van der Waals surface area contributed by atoms with Crippen molar-refractivity contribution in [2.45, 2.75) is 19.9 Å². The standard InChI is InChI=1S/C14H16N4O/c1-9(2)13(8-19)16-14-10-5-3-4-6-11(10)17-18-12(14)7-15/h3-6,9,13,19H,8H2,1-2H3,(H,16,17). The molecule has 2 aromatic rings. The van der Waals surface area contributed by atoms with Crippen LogP contribution in [0.5, 0.6) is 0 Å². The SMILES string of the molecule is CC(C)C(CO)Nc1c(C#N)nnc2ccccc12. The normalized spacial score (nSPS) is 12.4. The van der Waals surface area contributed by atoms with Gasteiger partial charge in [-0.25, -0.2) is 0 Å². The first-order valence-electron chi connectivity index (χ1n) is 6.20. The predicted molar refractivity (Wildman–Crippen MR) is 73.6 cm³/mol. The van der Waals surface area contributed by atoms with E-state index in [0.717, 1.165) is 10.9 Å². The molecule has 2 N–H and O–H groups in total. The zero-order valence-electron chi connectivity index (χ0n) is 11.0. The number of nitriles is 1. The molecule has 0 bridgehead atoms. The third-order valence-electron chi connectivity index (χ3n) is 3.10. The molecule has 0 saturated heterocycles. The number of anilines is 1. The van der Waals surface area contributed by atoms with Crippen LogP contribution in [-0.2, 0) is 0 Å². The highest BCUT2D eigenvalue weighted by Gasteiger charge is 2.17. The van der Waals surface area contributed by atoms with Gasteiger partial charge < -0.3 is 10.4 Å². The maximum absolute atomic E-state index is 9.41. The van der Waals surface area contributed by atoms with Crippen LogP contribution in [0.15, 0.2) is 24.3 Å². The zero-order valence-corrected chi connectivity index (χ0v) is 11.0. The summed E-state index contributed by atoms with van der Waals surface area (Å²) < 4.78 is 0. The molecule has 0 radical (unpaired) electrons. The van der Waals surface area contributed by atoms with Crippen molar-refractivity contribution in [3.8, 4) is 6.07 Å². The molecule has 0 fully saturated rings. The van der Waals surface area contributed by atoms with Gasteiger partial charge in [0.1, 0.15) is 6.07 Å². The van der Waals surface area contributed by atoms with Gasteiger partial charge in [0.25, 0.3) is 0 Å². The molecule has 0 amide bonds. The van der Waals surface area contributed by atoms with Crippen molar-refractivity contribution in [2.24, 2.45) is 5.92 Å². The van der Waals surface area contributed by atoms with Gasteiger partial charge in [-0.1, -0.05) is 32.0 Å². The molecule has 5 nitrogen and oxygen atoms in total. The molecular weight excluding hydrogens is 240 g/mol. The molecule has 0 saturated carbocycles. The summed E-state index contributed by atoms with van der Waals surface area (Å²) in [5.41, 5.74) is 1.61. The second-order valence-corrected chi connectivity index (χ2v) is 4.73. The number of aliphatic hydroxyl groups is 1. The second-order valence-electron chi connectivity index (χ2n) is 4.73. The Labute approximate surface area is 111 Å². The number of fused-ring (bicyclic) bond motifs is 1. The van der Waals surface area contributed by atoms with Crippen LogP contribution in [0, 0.1) is 17.2 Å². The Kier molecular flexibility index (Phi) is 3.93. The van der Waals surface area contributed by atoms with Gasteiger partial charge in [0, 0.05) is 5.39 Å². The molecule has 1 aromatic carbocycles. The molecular formula is C14H16N4O. The lowest BCUT2D eigenvalue weighted by Crippen LogP contribution is -2.30. The quantitative estimate of drug-likeness (QED) is 0.873. The fourth-order valence-corrected chi connectivity index (χ4v) is 1.89. The zero-order chi connectivity index (χ0) is 13.8. The van der Waals surface area contributed by atoms with E-state index in [4.69, 9.17) is 5.26 Å². The van der Waals surface area contributed by atoms with Crippen molar-refractivity contribution in [3.63, 3.8) is 0 Å². The van der Waals surface area contributed by atoms with Crippen molar-refractivity contribution in [1.29, 1.82) is 5.26 Å². The number of nitrogens with one attached hydrogen (secondary N) is 1. The van der Waals surface area contributed by atoms with Crippen LogP contribution in [0.1, 0.15) is 19.5 Å². The van der Waals surface area contributed by atoms with Crippen LogP contribution in [-0.4, -0.2) is 28.0 Å². The molecule has 1 atom stereocenters. The summed E-state index contributed by atoms with van der Waals surface area (Å²) >= 11 is 0. The van der Waals surface area contributed by atoms with Crippen LogP contribution < -0.4 is 5.32 Å². The van der Waals surface area contributed by atoms with E-state index in [-0.39, 0.29) is 24.3 Å². The van der Waals surface area contributed by atoms with Crippen LogP contribution in [0.2, 0.25) is 0 Å². The molecule has 0 spiro atoms. The average molecular weight is 256 g/mol. The number of hydrogen-bond donors (Lipinski definition) is 2. The molecule has 0 aliphatic rings. The molecule has 5 heteroatoms. The van der Waals surface area contributed by atoms with Crippen LogP contribution in [0.25, 0.3) is 10.9 Å². The van der Waals surface area contributed by atoms with Crippen LogP contribution >= 0.6 is 0 Å². The third-order valence-corrected chi connectivity index (χ3v) is 3.10. The molecule has 1 aromatic heterocycles. The maximum Gasteiger partial charge on any atom is 0.186 e. The highest BCUT2D eigenvalue weighted by molar-refractivity contribution is 5.92. The molecule has 19 heavy (non-hydrogen) atoms. The number of aromatic nitrogens is 2. The van der Waals surface area contributed by atoms with Crippen molar-refractivity contribution >= 4 is 16.6 Å². The van der Waals surface area contributed by atoms with E-state index in [2.05, 4.69) is 15.5 Å². The minimum absolute atomic E-state index is 0.000809. The van der Waals surface area contributed by atoms with Gasteiger partial charge in [0.05, 0.1) is 23.9 Å². The lowest BCUT2D eigenvalue weighted by Gasteiger charge is -2.22. The Balaban J connectivity index is 2.53. The molecule has 1 heterocycles. The van der Waals surface area contributed by atoms with Crippen molar-refractivity contribution in [1.82, 2.24) is 10.2 Å². The van der Waals surface area contributed by atoms with E-state index >= 15 is 0 Å². The molecule has 98 valence electrons. The number of benzene rings is 1. The van der Waals surface area contributed by atoms with Gasteiger partial charge >= 0.3 is 0 Å². The summed E-state index contributed by atoms with van der Waals surface area (Å²) in [7, 11) is 0. The summed E-state index contributed by atoms with van der Waals surface area (Å²) in [5, 5.41) is 30.5. The number of hydrogen-bond acceptors (Lipinski definition) is 5. The topological polar surface area (TPSA) is 81.8 Å². The second kappa shape index (κ2) is 5.63. The van der Waals surface area contributed by atoms with Gasteiger partial charge in [-0.2, -0.15) is 5.26 Å². The third kappa shape index (κ3) is 2.64. The molecule has 1 unspecified atom stereocenters. The number of aliphatic hydroxyl groups excluding tert-OH is 1. The summed E-state index contributed by atoms with van der Waals surface area (Å²) in [4.78, 5) is 0. The van der Waals surface area contributed by atoms with Gasteiger partial charge in [-0.05, 0) is 12.0 Å². The first kappa shape index (κ1) is 13.2. The average Bonchev–Trinajstić information content (AvgIpc) is 2.44. The highest BCUT2D eigenvalue weighted by Crippen LogP contribution is 2.25. The Morgan fingerprint density at radius 3 is 2.68 bits per heavy atom. The monoisotopic (exact) mass is 256 g/mol. The minimum atomic E-state index is -0.125. The van der Waals surface area contributed by atoms with Gasteiger partial charge in [0.15, 0.2) is 5.69 Å². The van der Waals surface area contributed by atoms with Crippen LogP contribution in [0.4, 0.5) is 5.69 Å². The fraction of sp³-hybridized carbons (Fsp3) is 0.357. The molecule has 0 aliphatic carbocycles. The summed E-state index contributed by atoms with van der Waals surface area (Å²) in [6, 6.07) is 9.41. The highest BCUT2D eigenvalue weighted by atomic mass is 16.3.